The molecule has 92 valence electrons. The number of aryl methyl sites for hydroxylation is 1. The number of furan rings is 1. The first kappa shape index (κ1) is 13.1. The lowest BCUT2D eigenvalue weighted by molar-refractivity contribution is -0.136. The summed E-state index contributed by atoms with van der Waals surface area (Å²) in [5, 5.41) is 2.90. The molecule has 1 aromatic heterocycles. The van der Waals surface area contributed by atoms with E-state index in [2.05, 4.69) is 5.32 Å². The summed E-state index contributed by atoms with van der Waals surface area (Å²) < 4.78 is 41.2. The largest absolute Gasteiger partial charge is 0.469 e. The van der Waals surface area contributed by atoms with Gasteiger partial charge in [-0.3, -0.25) is 0 Å². The van der Waals surface area contributed by atoms with Gasteiger partial charge in [-0.2, -0.15) is 13.2 Å². The second-order valence-electron chi connectivity index (χ2n) is 3.76. The van der Waals surface area contributed by atoms with Gasteiger partial charge in [-0.1, -0.05) is 0 Å². The molecular formula is C11H16F3NO. The fraction of sp³-hybridized carbons (Fsp3) is 0.636. The molecular weight excluding hydrogens is 219 g/mol. The average Bonchev–Trinajstić information content (AvgIpc) is 2.69. The lowest BCUT2D eigenvalue weighted by Crippen LogP contribution is -2.27. The second kappa shape index (κ2) is 5.94. The van der Waals surface area contributed by atoms with Crippen molar-refractivity contribution in [1.82, 2.24) is 5.32 Å². The van der Waals surface area contributed by atoms with Gasteiger partial charge in [0.1, 0.15) is 5.76 Å². The van der Waals surface area contributed by atoms with Gasteiger partial charge in [0.15, 0.2) is 0 Å². The third-order valence-electron chi connectivity index (χ3n) is 2.50. The number of hydrogen-bond acceptors (Lipinski definition) is 2. The maximum absolute atomic E-state index is 12.0. The molecule has 2 nitrogen and oxygen atoms in total. The van der Waals surface area contributed by atoms with Crippen molar-refractivity contribution in [3.8, 4) is 0 Å². The van der Waals surface area contributed by atoms with E-state index in [0.717, 1.165) is 5.76 Å². The van der Waals surface area contributed by atoms with Crippen LogP contribution in [0, 0.1) is 0 Å². The number of nitrogens with one attached hydrogen (secondary N) is 1. The van der Waals surface area contributed by atoms with Gasteiger partial charge in [-0.05, 0) is 32.0 Å². The molecule has 0 bridgehead atoms. The normalized spacial score (nSPS) is 14.0. The summed E-state index contributed by atoms with van der Waals surface area (Å²) in [6.07, 6.45) is -1.81. The van der Waals surface area contributed by atoms with E-state index in [1.54, 1.807) is 19.4 Å². The first-order chi connectivity index (χ1) is 7.51. The van der Waals surface area contributed by atoms with Gasteiger partial charge in [0, 0.05) is 18.9 Å². The minimum Gasteiger partial charge on any atom is -0.469 e. The molecule has 5 heteroatoms. The van der Waals surface area contributed by atoms with Crippen LogP contribution in [0.25, 0.3) is 0 Å². The van der Waals surface area contributed by atoms with Gasteiger partial charge in [0.25, 0.3) is 0 Å². The zero-order chi connectivity index (χ0) is 12.0. The van der Waals surface area contributed by atoms with Crippen molar-refractivity contribution in [1.29, 1.82) is 0 Å². The summed E-state index contributed by atoms with van der Waals surface area (Å²) in [5.74, 6) is 0.812. The highest BCUT2D eigenvalue weighted by Crippen LogP contribution is 2.23. The summed E-state index contributed by atoms with van der Waals surface area (Å²) in [7, 11) is 1.68. The van der Waals surface area contributed by atoms with Crippen molar-refractivity contribution in [2.75, 3.05) is 7.05 Å². The summed E-state index contributed by atoms with van der Waals surface area (Å²) in [5.41, 5.74) is 0. The minimum atomic E-state index is -4.07. The molecule has 0 aliphatic carbocycles. The molecule has 0 fully saturated rings. The van der Waals surface area contributed by atoms with Crippen molar-refractivity contribution in [2.45, 2.75) is 37.9 Å². The Labute approximate surface area is 92.8 Å². The van der Waals surface area contributed by atoms with Crippen LogP contribution in [0.5, 0.6) is 0 Å². The van der Waals surface area contributed by atoms with E-state index in [1.807, 2.05) is 6.07 Å². The lowest BCUT2D eigenvalue weighted by Gasteiger charge is -2.16. The number of alkyl halides is 3. The first-order valence-electron chi connectivity index (χ1n) is 5.27. The molecule has 1 unspecified atom stereocenters. The number of rotatable bonds is 6. The Morgan fingerprint density at radius 1 is 1.38 bits per heavy atom. The standard InChI is InChI=1S/C11H16F3NO/c1-15-9(6-7-11(12,13)14)4-5-10-3-2-8-16-10/h2-3,8-9,15H,4-7H2,1H3. The molecule has 0 aliphatic heterocycles. The topological polar surface area (TPSA) is 25.2 Å². The quantitative estimate of drug-likeness (QED) is 0.819. The molecule has 0 aromatic carbocycles. The molecule has 1 N–H and O–H groups in total. The van der Waals surface area contributed by atoms with Crippen LogP contribution < -0.4 is 5.32 Å². The molecule has 0 radical (unpaired) electrons. The van der Waals surface area contributed by atoms with E-state index in [1.165, 1.54) is 0 Å². The molecule has 1 heterocycles. The molecule has 0 amide bonds. The third kappa shape index (κ3) is 5.21. The van der Waals surface area contributed by atoms with Crippen LogP contribution in [0.4, 0.5) is 13.2 Å². The van der Waals surface area contributed by atoms with Gasteiger partial charge in [-0.15, -0.1) is 0 Å². The predicted molar refractivity (Wildman–Crippen MR) is 55.2 cm³/mol. The zero-order valence-electron chi connectivity index (χ0n) is 9.18. The lowest BCUT2D eigenvalue weighted by atomic mass is 10.0. The highest BCUT2D eigenvalue weighted by Gasteiger charge is 2.27. The van der Waals surface area contributed by atoms with Crippen molar-refractivity contribution >= 4 is 0 Å². The molecule has 1 aromatic rings. The second-order valence-corrected chi connectivity index (χ2v) is 3.76. The van der Waals surface area contributed by atoms with E-state index in [0.29, 0.717) is 12.8 Å². The highest BCUT2D eigenvalue weighted by atomic mass is 19.4. The van der Waals surface area contributed by atoms with Crippen LogP contribution in [0.15, 0.2) is 22.8 Å². The molecule has 0 spiro atoms. The van der Waals surface area contributed by atoms with Crippen LogP contribution in [0.1, 0.15) is 25.0 Å². The first-order valence-corrected chi connectivity index (χ1v) is 5.27. The van der Waals surface area contributed by atoms with Crippen molar-refractivity contribution in [3.05, 3.63) is 24.2 Å². The number of hydrogen-bond donors (Lipinski definition) is 1. The van der Waals surface area contributed by atoms with Gasteiger partial charge >= 0.3 is 6.18 Å². The Kier molecular flexibility index (Phi) is 4.86. The maximum atomic E-state index is 12.0. The molecule has 0 saturated carbocycles. The third-order valence-corrected chi connectivity index (χ3v) is 2.50. The van der Waals surface area contributed by atoms with Gasteiger partial charge in [-0.25, -0.2) is 0 Å². The van der Waals surface area contributed by atoms with Crippen LogP contribution >= 0.6 is 0 Å². The van der Waals surface area contributed by atoms with E-state index in [9.17, 15) is 13.2 Å². The van der Waals surface area contributed by atoms with E-state index in [-0.39, 0.29) is 12.5 Å². The maximum Gasteiger partial charge on any atom is 0.389 e. The van der Waals surface area contributed by atoms with Crippen LogP contribution in [0.2, 0.25) is 0 Å². The van der Waals surface area contributed by atoms with Gasteiger partial charge < -0.3 is 9.73 Å². The average molecular weight is 235 g/mol. The Bertz CT molecular complexity index is 282. The van der Waals surface area contributed by atoms with Crippen LogP contribution in [-0.4, -0.2) is 19.3 Å². The van der Waals surface area contributed by atoms with Crippen LogP contribution in [0.3, 0.4) is 0 Å². The Morgan fingerprint density at radius 3 is 2.62 bits per heavy atom. The smallest absolute Gasteiger partial charge is 0.389 e. The number of halogens is 3. The summed E-state index contributed by atoms with van der Waals surface area (Å²) >= 11 is 0. The van der Waals surface area contributed by atoms with Crippen molar-refractivity contribution in [3.63, 3.8) is 0 Å². The fourth-order valence-electron chi connectivity index (χ4n) is 1.54. The predicted octanol–water partition coefficient (Wildman–Crippen LogP) is 3.14. The van der Waals surface area contributed by atoms with Crippen LogP contribution in [-0.2, 0) is 6.42 Å². The minimum absolute atomic E-state index is 0.112. The molecule has 0 saturated heterocycles. The molecule has 1 atom stereocenters. The van der Waals surface area contributed by atoms with Crippen molar-refractivity contribution < 1.29 is 17.6 Å². The summed E-state index contributed by atoms with van der Waals surface area (Å²) in [6, 6.07) is 3.49. The highest BCUT2D eigenvalue weighted by molar-refractivity contribution is 4.98. The molecule has 0 aliphatic rings. The summed E-state index contributed by atoms with van der Waals surface area (Å²) in [4.78, 5) is 0. The van der Waals surface area contributed by atoms with Gasteiger partial charge in [0.05, 0.1) is 6.26 Å². The fourth-order valence-corrected chi connectivity index (χ4v) is 1.54. The van der Waals surface area contributed by atoms with Gasteiger partial charge in [0.2, 0.25) is 0 Å². The Balaban J connectivity index is 2.27. The molecule has 16 heavy (non-hydrogen) atoms. The van der Waals surface area contributed by atoms with E-state index < -0.39 is 12.6 Å². The Morgan fingerprint density at radius 2 is 2.12 bits per heavy atom. The Hall–Kier alpha value is -0.970. The zero-order valence-corrected chi connectivity index (χ0v) is 9.18. The SMILES string of the molecule is CNC(CCc1ccco1)CCC(F)(F)F. The van der Waals surface area contributed by atoms with E-state index >= 15 is 0 Å². The van der Waals surface area contributed by atoms with Crippen molar-refractivity contribution in [2.24, 2.45) is 0 Å². The molecule has 1 rings (SSSR count). The monoisotopic (exact) mass is 235 g/mol. The summed E-state index contributed by atoms with van der Waals surface area (Å²) in [6.45, 7) is 0. The van der Waals surface area contributed by atoms with E-state index in [4.69, 9.17) is 4.42 Å².